The number of hydrogen-bond donors (Lipinski definition) is 1. The van der Waals surface area contributed by atoms with E-state index in [0.717, 1.165) is 54.6 Å². The molecule has 1 saturated heterocycles. The lowest BCUT2D eigenvalue weighted by molar-refractivity contribution is -0.115. The van der Waals surface area contributed by atoms with E-state index in [1.165, 1.54) is 11.8 Å². The van der Waals surface area contributed by atoms with Gasteiger partial charge in [0.2, 0.25) is 5.91 Å². The molecule has 1 N–H and O–H groups in total. The van der Waals surface area contributed by atoms with Crippen LogP contribution in [0.2, 0.25) is 0 Å². The van der Waals surface area contributed by atoms with Gasteiger partial charge in [0.15, 0.2) is 11.0 Å². The third-order valence-corrected chi connectivity index (χ3v) is 6.52. The molecule has 7 nitrogen and oxygen atoms in total. The summed E-state index contributed by atoms with van der Waals surface area (Å²) in [6.45, 7) is 7.21. The van der Waals surface area contributed by atoms with Crippen molar-refractivity contribution in [1.82, 2.24) is 14.8 Å². The van der Waals surface area contributed by atoms with Crippen LogP contribution < -0.4 is 10.2 Å². The van der Waals surface area contributed by atoms with E-state index in [9.17, 15) is 4.79 Å². The molecule has 0 spiro atoms. The highest BCUT2D eigenvalue weighted by atomic mass is 32.2. The molecule has 1 aliphatic rings. The Hall–Kier alpha value is -2.84. The fourth-order valence-corrected chi connectivity index (χ4v) is 4.32. The standard InChI is InChI=1S/C23H27N5O2S/c1-16-6-4-5-7-20(16)21-25-26-23(27(21)3)31-17(2)22(29)24-18-8-10-19(11-9-18)28-12-14-30-15-13-28/h4-11,17H,12-15H2,1-3H3,(H,24,29)/t17-/m0/s1. The lowest BCUT2D eigenvalue weighted by Crippen LogP contribution is -2.36. The number of hydrogen-bond acceptors (Lipinski definition) is 6. The van der Waals surface area contributed by atoms with Crippen molar-refractivity contribution in [1.29, 1.82) is 0 Å². The Labute approximate surface area is 186 Å². The average Bonchev–Trinajstić information content (AvgIpc) is 3.15. The van der Waals surface area contributed by atoms with E-state index in [1.54, 1.807) is 0 Å². The molecule has 3 aromatic rings. The number of carbonyl (C=O) groups excluding carboxylic acids is 1. The summed E-state index contributed by atoms with van der Waals surface area (Å²) in [6, 6.07) is 16.0. The molecular weight excluding hydrogens is 410 g/mol. The molecule has 8 heteroatoms. The second-order valence-corrected chi connectivity index (χ2v) is 8.88. The first-order valence-corrected chi connectivity index (χ1v) is 11.3. The van der Waals surface area contributed by atoms with E-state index in [1.807, 2.05) is 61.0 Å². The maximum atomic E-state index is 12.7. The number of rotatable bonds is 6. The molecule has 0 bridgehead atoms. The molecule has 1 aromatic heterocycles. The summed E-state index contributed by atoms with van der Waals surface area (Å²) in [7, 11) is 1.93. The fourth-order valence-electron chi connectivity index (χ4n) is 3.51. The third-order valence-electron chi connectivity index (χ3n) is 5.38. The number of benzene rings is 2. The van der Waals surface area contributed by atoms with Crippen molar-refractivity contribution in [3.05, 3.63) is 54.1 Å². The summed E-state index contributed by atoms with van der Waals surface area (Å²) in [5.74, 6) is 0.733. The average molecular weight is 438 g/mol. The highest BCUT2D eigenvalue weighted by molar-refractivity contribution is 8.00. The van der Waals surface area contributed by atoms with Crippen LogP contribution >= 0.6 is 11.8 Å². The number of aromatic nitrogens is 3. The molecule has 31 heavy (non-hydrogen) atoms. The van der Waals surface area contributed by atoms with Crippen LogP contribution in [-0.2, 0) is 16.6 Å². The van der Waals surface area contributed by atoms with E-state index in [2.05, 4.69) is 33.4 Å². The van der Waals surface area contributed by atoms with Crippen molar-refractivity contribution in [2.45, 2.75) is 24.3 Å². The predicted molar refractivity (Wildman–Crippen MR) is 125 cm³/mol. The summed E-state index contributed by atoms with van der Waals surface area (Å²) in [4.78, 5) is 15.0. The van der Waals surface area contributed by atoms with Crippen molar-refractivity contribution >= 4 is 29.0 Å². The van der Waals surface area contributed by atoms with Crippen molar-refractivity contribution in [3.63, 3.8) is 0 Å². The Morgan fingerprint density at radius 3 is 2.52 bits per heavy atom. The zero-order chi connectivity index (χ0) is 21.8. The lowest BCUT2D eigenvalue weighted by Gasteiger charge is -2.28. The van der Waals surface area contributed by atoms with Gasteiger partial charge < -0.3 is 19.5 Å². The summed E-state index contributed by atoms with van der Waals surface area (Å²) in [5, 5.41) is 12.0. The highest BCUT2D eigenvalue weighted by Gasteiger charge is 2.20. The first-order chi connectivity index (χ1) is 15.0. The summed E-state index contributed by atoms with van der Waals surface area (Å²) < 4.78 is 7.34. The van der Waals surface area contributed by atoms with Gasteiger partial charge >= 0.3 is 0 Å². The smallest absolute Gasteiger partial charge is 0.237 e. The Morgan fingerprint density at radius 1 is 1.10 bits per heavy atom. The van der Waals surface area contributed by atoms with Crippen LogP contribution in [0.25, 0.3) is 11.4 Å². The van der Waals surface area contributed by atoms with E-state index < -0.39 is 0 Å². The summed E-state index contributed by atoms with van der Waals surface area (Å²) >= 11 is 1.40. The summed E-state index contributed by atoms with van der Waals surface area (Å²) in [6.07, 6.45) is 0. The number of aryl methyl sites for hydroxylation is 1. The van der Waals surface area contributed by atoms with Crippen LogP contribution in [0.5, 0.6) is 0 Å². The number of nitrogens with one attached hydrogen (secondary N) is 1. The molecule has 2 aromatic carbocycles. The van der Waals surface area contributed by atoms with E-state index in [0.29, 0.717) is 5.16 Å². The normalized spacial score (nSPS) is 15.0. The molecule has 0 radical (unpaired) electrons. The maximum Gasteiger partial charge on any atom is 0.237 e. The topological polar surface area (TPSA) is 72.3 Å². The molecule has 0 aliphatic carbocycles. The van der Waals surface area contributed by atoms with Gasteiger partial charge in [0.05, 0.1) is 18.5 Å². The van der Waals surface area contributed by atoms with Crippen LogP contribution in [0, 0.1) is 6.92 Å². The summed E-state index contributed by atoms with van der Waals surface area (Å²) in [5.41, 5.74) is 4.11. The minimum Gasteiger partial charge on any atom is -0.378 e. The quantitative estimate of drug-likeness (QED) is 0.592. The molecule has 2 heterocycles. The number of anilines is 2. The number of thioether (sulfide) groups is 1. The molecular formula is C23H27N5O2S. The molecule has 1 fully saturated rings. The first kappa shape index (κ1) is 21.4. The molecule has 0 saturated carbocycles. The van der Waals surface area contributed by atoms with Crippen molar-refractivity contribution in [2.75, 3.05) is 36.5 Å². The Balaban J connectivity index is 1.38. The molecule has 162 valence electrons. The SMILES string of the molecule is Cc1ccccc1-c1nnc(S[C@@H](C)C(=O)Nc2ccc(N3CCOCC3)cc2)n1C. The largest absolute Gasteiger partial charge is 0.378 e. The van der Waals surface area contributed by atoms with E-state index >= 15 is 0 Å². The predicted octanol–water partition coefficient (Wildman–Crippen LogP) is 3.75. The van der Waals surface area contributed by atoms with Crippen molar-refractivity contribution in [2.24, 2.45) is 7.05 Å². The van der Waals surface area contributed by atoms with Gasteiger partial charge in [-0.1, -0.05) is 36.0 Å². The second-order valence-electron chi connectivity index (χ2n) is 7.58. The number of morpholine rings is 1. The van der Waals surface area contributed by atoms with Gasteiger partial charge in [0, 0.05) is 37.1 Å². The Kier molecular flexibility index (Phi) is 6.58. The van der Waals surface area contributed by atoms with Gasteiger partial charge in [-0.05, 0) is 43.7 Å². The number of nitrogens with zero attached hydrogens (tertiary/aromatic N) is 4. The van der Waals surface area contributed by atoms with Gasteiger partial charge in [-0.25, -0.2) is 0 Å². The maximum absolute atomic E-state index is 12.7. The Morgan fingerprint density at radius 2 is 1.81 bits per heavy atom. The van der Waals surface area contributed by atoms with Crippen LogP contribution in [-0.4, -0.2) is 52.2 Å². The first-order valence-electron chi connectivity index (χ1n) is 10.4. The van der Waals surface area contributed by atoms with Crippen molar-refractivity contribution < 1.29 is 9.53 Å². The fraction of sp³-hybridized carbons (Fsp3) is 0.348. The van der Waals surface area contributed by atoms with Gasteiger partial charge in [-0.3, -0.25) is 4.79 Å². The zero-order valence-corrected chi connectivity index (χ0v) is 18.9. The molecule has 0 unspecified atom stereocenters. The van der Waals surface area contributed by atoms with Crippen molar-refractivity contribution in [3.8, 4) is 11.4 Å². The molecule has 1 amide bonds. The van der Waals surface area contributed by atoms with Gasteiger partial charge in [0.1, 0.15) is 0 Å². The highest BCUT2D eigenvalue weighted by Crippen LogP contribution is 2.28. The minimum atomic E-state index is -0.313. The van der Waals surface area contributed by atoms with Crippen LogP contribution in [0.3, 0.4) is 0 Å². The lowest BCUT2D eigenvalue weighted by atomic mass is 10.1. The Bertz CT molecular complexity index is 1040. The minimum absolute atomic E-state index is 0.0652. The number of amides is 1. The molecule has 1 atom stereocenters. The van der Waals surface area contributed by atoms with Gasteiger partial charge in [-0.15, -0.1) is 10.2 Å². The molecule has 4 rings (SSSR count). The van der Waals surface area contributed by atoms with E-state index in [4.69, 9.17) is 4.74 Å². The zero-order valence-electron chi connectivity index (χ0n) is 18.0. The van der Waals surface area contributed by atoms with Crippen LogP contribution in [0.15, 0.2) is 53.7 Å². The second kappa shape index (κ2) is 9.53. The van der Waals surface area contributed by atoms with Crippen LogP contribution in [0.1, 0.15) is 12.5 Å². The molecule has 1 aliphatic heterocycles. The monoisotopic (exact) mass is 437 g/mol. The van der Waals surface area contributed by atoms with Gasteiger partial charge in [-0.2, -0.15) is 0 Å². The third kappa shape index (κ3) is 4.91. The van der Waals surface area contributed by atoms with E-state index in [-0.39, 0.29) is 11.2 Å². The number of ether oxygens (including phenoxy) is 1. The van der Waals surface area contributed by atoms with Crippen LogP contribution in [0.4, 0.5) is 11.4 Å². The number of carbonyl (C=O) groups is 1. The van der Waals surface area contributed by atoms with Gasteiger partial charge in [0.25, 0.3) is 0 Å².